The van der Waals surface area contributed by atoms with Crippen LogP contribution in [0.15, 0.2) is 454 Å². The Morgan fingerprint density at radius 2 is 0.685 bits per heavy atom. The van der Waals surface area contributed by atoms with Crippen LogP contribution in [-0.2, 0) is 34.5 Å². The molecule has 0 radical (unpaired) electrons. The van der Waals surface area contributed by atoms with Crippen molar-refractivity contribution in [3.05, 3.63) is 464 Å². The SMILES string of the molecule is C.CC(C)(C)OC(=O)n1ncc2cc(Br)ccc21.CC1(C)OB(c2cccnc2Cl)OC1(C)C.Clc1ncccc1-c1ccc2[nH]ncc2c1.[Pd].c1ccc(P(c2ccccc2)c2ccccc2)cc1.c1ccc(P(c2ccccc2)c2ccccc2)cc1.c1ccc(P(c2ccccc2)c2ccccc2)cc1.c1ccc(P(c2ccccc2)c2ccccc2)cc1. The number of carbonyl (C=O) groups is 1. The van der Waals surface area contributed by atoms with Crippen LogP contribution >= 0.6 is 70.8 Å². The summed E-state index contributed by atoms with van der Waals surface area (Å²) in [6.45, 7) is 13.5. The number of pyridine rings is 2. The van der Waals surface area contributed by atoms with Crippen LogP contribution in [0.25, 0.3) is 32.9 Å². The molecule has 127 heavy (non-hydrogen) atoms. The van der Waals surface area contributed by atoms with Gasteiger partial charge in [-0.05, 0) is 198 Å². The number of carbonyl (C=O) groups excluding carboxylic acids is 1. The Morgan fingerprint density at radius 3 is 0.976 bits per heavy atom. The Labute approximate surface area is 785 Å². The van der Waals surface area contributed by atoms with E-state index in [-0.39, 0.29) is 39.1 Å². The number of halogens is 3. The molecule has 0 aliphatic carbocycles. The van der Waals surface area contributed by atoms with E-state index in [9.17, 15) is 4.79 Å². The second kappa shape index (κ2) is 48.4. The van der Waals surface area contributed by atoms with Gasteiger partial charge in [0.15, 0.2) is 0 Å². The molecule has 19 heteroatoms. The molecule has 1 aliphatic rings. The standard InChI is InChI=1S/4C18H15P.C12H13BrN2O2.C12H8ClN3.C11H15BClNO2.CH4.Pd/c4*1-4-10-16(11-5-1)19(17-12-6-2-7-13-17)18-14-8-3-9-15-18;1-12(2,3)17-11(16)15-10-5-4-9(13)6-8(10)7-14-15;13-12-10(2-1-5-14-12)8-3-4-11-9(6-8)7-15-16-11;1-10(2)11(3,4)16-12(15-10)8-6-5-7-14-9(8)13;;/h4*1-15H;4-7H,1-3H3;1-7H,(H,15,16);5-7H,1-4H3;1H4;. The summed E-state index contributed by atoms with van der Waals surface area (Å²) in [5, 5.41) is 30.6. The molecular weight excluding hydrogens is 1840 g/mol. The maximum Gasteiger partial charge on any atom is 0.498 e. The number of fused-ring (bicyclic) bond motifs is 2. The van der Waals surface area contributed by atoms with Gasteiger partial charge in [-0.25, -0.2) is 14.8 Å². The van der Waals surface area contributed by atoms with Gasteiger partial charge in [-0.3, -0.25) is 5.10 Å². The van der Waals surface area contributed by atoms with E-state index in [1.807, 2.05) is 109 Å². The molecule has 19 rings (SSSR count). The molecule has 1 fully saturated rings. The number of aromatic amines is 1. The molecule has 1 N–H and O–H groups in total. The Hall–Kier alpha value is -10.8. The van der Waals surface area contributed by atoms with E-state index in [0.717, 1.165) is 42.9 Å². The number of ether oxygens (including phenoxy) is 1. The number of hydrogen-bond donors (Lipinski definition) is 1. The number of benzene rings is 14. The molecule has 0 saturated carbocycles. The van der Waals surface area contributed by atoms with Crippen molar-refractivity contribution < 1.29 is 39.3 Å². The second-order valence-electron chi connectivity index (χ2n) is 30.6. The number of nitrogens with zero attached hydrogens (tertiary/aromatic N) is 5. The van der Waals surface area contributed by atoms with E-state index in [0.29, 0.717) is 10.3 Å². The Balaban J connectivity index is 0.000000143. The van der Waals surface area contributed by atoms with Gasteiger partial charge in [0.1, 0.15) is 15.9 Å². The molecule has 1 saturated heterocycles. The Kier molecular flexibility index (Phi) is 36.9. The van der Waals surface area contributed by atoms with Gasteiger partial charge in [-0.2, -0.15) is 14.9 Å². The van der Waals surface area contributed by atoms with Crippen LogP contribution in [0.1, 0.15) is 55.9 Å². The molecular formula is C108H100BBrCl2N6O4P4Pd. The van der Waals surface area contributed by atoms with Crippen molar-refractivity contribution in [1.82, 2.24) is 29.9 Å². The average molecular weight is 1940 g/mol. The fraction of sp³-hybridized carbons (Fsp3) is 0.102. The van der Waals surface area contributed by atoms with Gasteiger partial charge in [-0.15, -0.1) is 0 Å². The molecule has 0 bridgehead atoms. The molecule has 10 nitrogen and oxygen atoms in total. The van der Waals surface area contributed by atoms with Crippen LogP contribution in [-0.4, -0.2) is 60.0 Å². The van der Waals surface area contributed by atoms with E-state index >= 15 is 0 Å². The number of aromatic nitrogens is 6. The molecule has 5 heterocycles. The maximum atomic E-state index is 11.9. The molecule has 1 aliphatic heterocycles. The quantitative estimate of drug-likeness (QED) is 0.0650. The average Bonchev–Trinajstić information content (AvgIpc) is 1.63. The number of hydrogen-bond acceptors (Lipinski definition) is 8. The zero-order chi connectivity index (χ0) is 87.2. The predicted molar refractivity (Wildman–Crippen MR) is 546 cm³/mol. The number of rotatable bonds is 14. The largest absolute Gasteiger partial charge is 0.498 e. The van der Waals surface area contributed by atoms with E-state index in [4.69, 9.17) is 37.2 Å². The van der Waals surface area contributed by atoms with Crippen molar-refractivity contribution in [3.8, 4) is 11.1 Å². The first-order chi connectivity index (χ1) is 60.8. The van der Waals surface area contributed by atoms with Crippen LogP contribution in [0, 0.1) is 0 Å². The Morgan fingerprint density at radius 1 is 0.386 bits per heavy atom. The van der Waals surface area contributed by atoms with E-state index in [2.05, 4.69) is 405 Å². The Bertz CT molecular complexity index is 5420. The monoisotopic (exact) mass is 1930 g/mol. The smallest absolute Gasteiger partial charge is 0.442 e. The zero-order valence-electron chi connectivity index (χ0n) is 70.9. The third-order valence-electron chi connectivity index (χ3n) is 20.1. The minimum absolute atomic E-state index is 0. The third kappa shape index (κ3) is 27.4. The van der Waals surface area contributed by atoms with Crippen molar-refractivity contribution in [2.45, 2.75) is 72.7 Å². The third-order valence-corrected chi connectivity index (χ3v) is 31.0. The minimum Gasteiger partial charge on any atom is -0.442 e. The van der Waals surface area contributed by atoms with Gasteiger partial charge in [-0.1, -0.05) is 423 Å². The fourth-order valence-electron chi connectivity index (χ4n) is 13.4. The van der Waals surface area contributed by atoms with Crippen LogP contribution in [0.2, 0.25) is 10.3 Å². The molecule has 18 aromatic rings. The van der Waals surface area contributed by atoms with E-state index in [1.165, 1.54) is 68.3 Å². The van der Waals surface area contributed by atoms with Crippen LogP contribution in [0.4, 0.5) is 4.79 Å². The summed E-state index contributed by atoms with van der Waals surface area (Å²) in [6, 6.07) is 148. The molecule has 0 amide bonds. The molecule has 0 spiro atoms. The minimum atomic E-state index is -0.523. The first-order valence-electron chi connectivity index (χ1n) is 41.0. The molecule has 4 aromatic heterocycles. The number of nitrogens with one attached hydrogen (secondary N) is 1. The van der Waals surface area contributed by atoms with Crippen LogP contribution in [0.5, 0.6) is 0 Å². The molecule has 640 valence electrons. The van der Waals surface area contributed by atoms with Crippen molar-refractivity contribution in [3.63, 3.8) is 0 Å². The second-order valence-corrected chi connectivity index (χ2v) is 41.1. The number of H-pyrrole nitrogens is 1. The summed E-state index contributed by atoms with van der Waals surface area (Å²) in [4.78, 5) is 20.0. The van der Waals surface area contributed by atoms with Crippen LogP contribution in [0.3, 0.4) is 0 Å². The molecule has 0 unspecified atom stereocenters. The van der Waals surface area contributed by atoms with Gasteiger partial charge in [0.2, 0.25) is 0 Å². The van der Waals surface area contributed by atoms with Crippen molar-refractivity contribution in [2.75, 3.05) is 0 Å². The summed E-state index contributed by atoms with van der Waals surface area (Å²) >= 11 is 15.4. The summed E-state index contributed by atoms with van der Waals surface area (Å²) in [5.41, 5.74) is 3.30. The van der Waals surface area contributed by atoms with Crippen molar-refractivity contribution in [2.24, 2.45) is 0 Å². The summed E-state index contributed by atoms with van der Waals surface area (Å²) < 4.78 is 19.3. The van der Waals surface area contributed by atoms with Crippen molar-refractivity contribution >= 4 is 175 Å². The molecule has 14 aromatic carbocycles. The van der Waals surface area contributed by atoms with E-state index in [1.54, 1.807) is 24.8 Å². The van der Waals surface area contributed by atoms with Gasteiger partial charge >= 0.3 is 13.2 Å². The van der Waals surface area contributed by atoms with Crippen LogP contribution < -0.4 is 69.1 Å². The first kappa shape index (κ1) is 96.8. The summed E-state index contributed by atoms with van der Waals surface area (Å²) in [7, 11) is -2.22. The normalized spacial score (nSPS) is 12.1. The topological polar surface area (TPSA) is 117 Å². The summed E-state index contributed by atoms with van der Waals surface area (Å²) in [5.74, 6) is 0. The summed E-state index contributed by atoms with van der Waals surface area (Å²) in [6.07, 6.45) is 6.31. The van der Waals surface area contributed by atoms with Gasteiger partial charge < -0.3 is 14.0 Å². The zero-order valence-corrected chi connectivity index (χ0v) is 79.1. The predicted octanol–water partition coefficient (Wildman–Crippen LogP) is 23.3. The van der Waals surface area contributed by atoms with Gasteiger partial charge in [0.05, 0.1) is 34.6 Å². The van der Waals surface area contributed by atoms with E-state index < -0.39 is 50.5 Å². The van der Waals surface area contributed by atoms with Gasteiger partial charge in [0, 0.05) is 59.1 Å². The van der Waals surface area contributed by atoms with Crippen molar-refractivity contribution in [1.29, 1.82) is 0 Å². The first-order valence-corrected chi connectivity index (χ1v) is 47.9. The maximum absolute atomic E-state index is 11.9. The van der Waals surface area contributed by atoms with Gasteiger partial charge in [0.25, 0.3) is 0 Å². The fourth-order valence-corrected chi connectivity index (χ4v) is 23.5. The molecule has 0 atom stereocenters.